The lowest BCUT2D eigenvalue weighted by molar-refractivity contribution is 0.380. The molecule has 0 atom stereocenters. The minimum atomic E-state index is -0.209. The molecule has 0 amide bonds. The van der Waals surface area contributed by atoms with E-state index in [0.29, 0.717) is 12.5 Å². The van der Waals surface area contributed by atoms with Gasteiger partial charge in [-0.3, -0.25) is 4.98 Å². The molecule has 5 nitrogen and oxygen atoms in total. The van der Waals surface area contributed by atoms with Crippen molar-refractivity contribution in [2.24, 2.45) is 10.7 Å². The predicted octanol–water partition coefficient (Wildman–Crippen LogP) is 2.17. The van der Waals surface area contributed by atoms with Crippen molar-refractivity contribution in [2.45, 2.75) is 13.5 Å². The van der Waals surface area contributed by atoms with Crippen LogP contribution in [0.15, 0.2) is 47.6 Å². The first kappa shape index (κ1) is 16.2. The summed E-state index contributed by atoms with van der Waals surface area (Å²) in [5, 5.41) is 0. The zero-order valence-corrected chi connectivity index (χ0v) is 13.8. The molecule has 0 saturated carbocycles. The third-order valence-electron chi connectivity index (χ3n) is 4.19. The fourth-order valence-corrected chi connectivity index (χ4v) is 2.71. The Kier molecular flexibility index (Phi) is 4.93. The minimum absolute atomic E-state index is 0.209. The third-order valence-corrected chi connectivity index (χ3v) is 4.19. The number of rotatable bonds is 3. The summed E-state index contributed by atoms with van der Waals surface area (Å²) in [4.78, 5) is 13.0. The molecule has 2 heterocycles. The summed E-state index contributed by atoms with van der Waals surface area (Å²) in [7, 11) is 0. The molecule has 1 saturated heterocycles. The Bertz CT molecular complexity index is 688. The van der Waals surface area contributed by atoms with Crippen LogP contribution in [0.1, 0.15) is 11.3 Å². The number of piperazine rings is 1. The molecule has 2 N–H and O–H groups in total. The number of pyridine rings is 1. The lowest BCUT2D eigenvalue weighted by atomic mass is 10.2. The van der Waals surface area contributed by atoms with Crippen molar-refractivity contribution in [2.75, 3.05) is 31.1 Å². The van der Waals surface area contributed by atoms with Crippen LogP contribution in [-0.4, -0.2) is 42.0 Å². The van der Waals surface area contributed by atoms with Gasteiger partial charge < -0.3 is 15.5 Å². The van der Waals surface area contributed by atoms with E-state index in [-0.39, 0.29) is 5.82 Å². The van der Waals surface area contributed by atoms with Crippen LogP contribution in [0.25, 0.3) is 0 Å². The molecular formula is C18H22FN5. The number of aromatic nitrogens is 1. The minimum Gasteiger partial charge on any atom is -0.370 e. The average molecular weight is 327 g/mol. The first-order valence-corrected chi connectivity index (χ1v) is 8.09. The van der Waals surface area contributed by atoms with Crippen molar-refractivity contribution in [3.63, 3.8) is 0 Å². The topological polar surface area (TPSA) is 57.8 Å². The van der Waals surface area contributed by atoms with Crippen molar-refractivity contribution < 1.29 is 4.39 Å². The van der Waals surface area contributed by atoms with Gasteiger partial charge in [0.15, 0.2) is 5.96 Å². The number of hydrogen-bond acceptors (Lipinski definition) is 3. The van der Waals surface area contributed by atoms with Crippen LogP contribution in [0.2, 0.25) is 0 Å². The maximum Gasteiger partial charge on any atom is 0.191 e. The highest BCUT2D eigenvalue weighted by molar-refractivity contribution is 5.78. The van der Waals surface area contributed by atoms with Gasteiger partial charge in [-0.2, -0.15) is 0 Å². The molecule has 3 rings (SSSR count). The first-order valence-electron chi connectivity index (χ1n) is 8.09. The number of anilines is 1. The second kappa shape index (κ2) is 7.29. The van der Waals surface area contributed by atoms with E-state index in [1.54, 1.807) is 0 Å². The second-order valence-corrected chi connectivity index (χ2v) is 5.93. The van der Waals surface area contributed by atoms with Crippen molar-refractivity contribution in [1.29, 1.82) is 0 Å². The monoisotopic (exact) mass is 327 g/mol. The first-order chi connectivity index (χ1) is 11.6. The van der Waals surface area contributed by atoms with Crippen molar-refractivity contribution in [3.8, 4) is 0 Å². The summed E-state index contributed by atoms with van der Waals surface area (Å²) >= 11 is 0. The zero-order chi connectivity index (χ0) is 16.9. The molecule has 1 aliphatic rings. The van der Waals surface area contributed by atoms with Crippen LogP contribution in [0.3, 0.4) is 0 Å². The Morgan fingerprint density at radius 1 is 1.12 bits per heavy atom. The van der Waals surface area contributed by atoms with Gasteiger partial charge >= 0.3 is 0 Å². The molecule has 1 aliphatic heterocycles. The third kappa shape index (κ3) is 4.01. The van der Waals surface area contributed by atoms with Gasteiger partial charge in [0, 0.05) is 43.8 Å². The standard InChI is InChI=1S/C18H22FN5/c1-14-2-3-15(12-21-14)13-22-18(20)24-10-8-23(9-11-24)17-6-4-16(19)5-7-17/h2-7,12H,8-11,13H2,1H3,(H2,20,22). The second-order valence-electron chi connectivity index (χ2n) is 5.93. The van der Waals surface area contributed by atoms with Gasteiger partial charge in [-0.1, -0.05) is 6.07 Å². The van der Waals surface area contributed by atoms with E-state index in [0.717, 1.165) is 43.1 Å². The molecule has 6 heteroatoms. The van der Waals surface area contributed by atoms with Gasteiger partial charge in [0.2, 0.25) is 0 Å². The molecule has 1 fully saturated rings. The van der Waals surface area contributed by atoms with Crippen LogP contribution in [-0.2, 0) is 6.54 Å². The molecule has 0 unspecified atom stereocenters. The number of nitrogens with zero attached hydrogens (tertiary/aromatic N) is 4. The molecule has 126 valence electrons. The van der Waals surface area contributed by atoms with Crippen LogP contribution in [0, 0.1) is 12.7 Å². The quantitative estimate of drug-likeness (QED) is 0.693. The van der Waals surface area contributed by atoms with E-state index in [1.807, 2.05) is 37.4 Å². The van der Waals surface area contributed by atoms with Crippen molar-refractivity contribution in [1.82, 2.24) is 9.88 Å². The molecule has 2 aromatic rings. The summed E-state index contributed by atoms with van der Waals surface area (Å²) in [6, 6.07) is 10.6. The summed E-state index contributed by atoms with van der Waals surface area (Å²) in [5.74, 6) is 0.355. The number of aliphatic imine (C=N–C) groups is 1. The number of hydrogen-bond donors (Lipinski definition) is 1. The largest absolute Gasteiger partial charge is 0.370 e. The predicted molar refractivity (Wildman–Crippen MR) is 94.5 cm³/mol. The Balaban J connectivity index is 1.54. The summed E-state index contributed by atoms with van der Waals surface area (Å²) < 4.78 is 13.0. The Morgan fingerprint density at radius 3 is 2.46 bits per heavy atom. The molecule has 0 bridgehead atoms. The normalized spacial score (nSPS) is 15.7. The maximum atomic E-state index is 13.0. The van der Waals surface area contributed by atoms with Gasteiger partial charge in [0.05, 0.1) is 6.54 Å². The molecule has 24 heavy (non-hydrogen) atoms. The zero-order valence-electron chi connectivity index (χ0n) is 13.8. The number of aryl methyl sites for hydroxylation is 1. The van der Waals surface area contributed by atoms with Crippen molar-refractivity contribution >= 4 is 11.6 Å². The SMILES string of the molecule is Cc1ccc(CN=C(N)N2CCN(c3ccc(F)cc3)CC2)cn1. The maximum absolute atomic E-state index is 13.0. The molecule has 1 aromatic carbocycles. The smallest absolute Gasteiger partial charge is 0.191 e. The van der Waals surface area contributed by atoms with Gasteiger partial charge in [0.25, 0.3) is 0 Å². The lowest BCUT2D eigenvalue weighted by Crippen LogP contribution is -2.51. The Hall–Kier alpha value is -2.63. The van der Waals surface area contributed by atoms with E-state index in [9.17, 15) is 4.39 Å². The van der Waals surface area contributed by atoms with Gasteiger partial charge in [0.1, 0.15) is 5.82 Å². The number of guanidine groups is 1. The van der Waals surface area contributed by atoms with Gasteiger partial charge in [-0.15, -0.1) is 0 Å². The summed E-state index contributed by atoms with van der Waals surface area (Å²) in [5.41, 5.74) is 9.20. The van der Waals surface area contributed by atoms with Crippen molar-refractivity contribution in [3.05, 3.63) is 59.7 Å². The number of benzene rings is 1. The molecule has 1 aromatic heterocycles. The fraction of sp³-hybridized carbons (Fsp3) is 0.333. The van der Waals surface area contributed by atoms with E-state index >= 15 is 0 Å². The summed E-state index contributed by atoms with van der Waals surface area (Å²) in [6.45, 7) is 5.79. The van der Waals surface area contributed by atoms with Crippen LogP contribution < -0.4 is 10.6 Å². The Morgan fingerprint density at radius 2 is 1.83 bits per heavy atom. The lowest BCUT2D eigenvalue weighted by Gasteiger charge is -2.36. The van der Waals surface area contributed by atoms with E-state index < -0.39 is 0 Å². The number of nitrogens with two attached hydrogens (primary N) is 1. The molecular weight excluding hydrogens is 305 g/mol. The summed E-state index contributed by atoms with van der Waals surface area (Å²) in [6.07, 6.45) is 1.83. The fourth-order valence-electron chi connectivity index (χ4n) is 2.71. The van der Waals surface area contributed by atoms with Crippen LogP contribution >= 0.6 is 0 Å². The van der Waals surface area contributed by atoms with Gasteiger partial charge in [-0.25, -0.2) is 9.38 Å². The highest BCUT2D eigenvalue weighted by Crippen LogP contribution is 2.16. The highest BCUT2D eigenvalue weighted by atomic mass is 19.1. The van der Waals surface area contributed by atoms with Crippen LogP contribution in [0.5, 0.6) is 0 Å². The average Bonchev–Trinajstić information content (AvgIpc) is 2.62. The van der Waals surface area contributed by atoms with E-state index in [4.69, 9.17) is 5.73 Å². The van der Waals surface area contributed by atoms with Gasteiger partial charge in [-0.05, 0) is 42.8 Å². The highest BCUT2D eigenvalue weighted by Gasteiger charge is 2.18. The Labute approximate surface area is 141 Å². The van der Waals surface area contributed by atoms with Crippen LogP contribution in [0.4, 0.5) is 10.1 Å². The molecule has 0 aliphatic carbocycles. The molecule has 0 radical (unpaired) electrons. The molecule has 0 spiro atoms. The van der Waals surface area contributed by atoms with E-state index in [2.05, 4.69) is 19.8 Å². The van der Waals surface area contributed by atoms with E-state index in [1.165, 1.54) is 12.1 Å². The number of halogens is 1.